The molecule has 0 aromatic heterocycles. The first-order valence-corrected chi connectivity index (χ1v) is 11.5. The number of urea groups is 1. The van der Waals surface area contributed by atoms with Crippen molar-refractivity contribution in [1.82, 2.24) is 10.6 Å². The highest BCUT2D eigenvalue weighted by molar-refractivity contribution is 5.89. The van der Waals surface area contributed by atoms with E-state index >= 15 is 0 Å². The maximum absolute atomic E-state index is 12.4. The van der Waals surface area contributed by atoms with E-state index < -0.39 is 6.10 Å². The lowest BCUT2D eigenvalue weighted by atomic mass is 10.0. The first-order valence-electron chi connectivity index (χ1n) is 11.5. The van der Waals surface area contributed by atoms with Crippen LogP contribution in [-0.2, 0) is 19.6 Å². The maximum Gasteiger partial charge on any atom is 0.319 e. The fourth-order valence-corrected chi connectivity index (χ4v) is 3.77. The van der Waals surface area contributed by atoms with Crippen molar-refractivity contribution in [3.05, 3.63) is 89.0 Å². The number of ether oxygens (including phenoxy) is 1. The molecule has 0 aliphatic carbocycles. The Balaban J connectivity index is 1.48. The minimum absolute atomic E-state index is 0.00624. The van der Waals surface area contributed by atoms with Gasteiger partial charge in [-0.2, -0.15) is 0 Å². The molecule has 8 nitrogen and oxygen atoms in total. The second kappa shape index (κ2) is 12.8. The third-order valence-corrected chi connectivity index (χ3v) is 5.68. The van der Waals surface area contributed by atoms with Gasteiger partial charge in [-0.25, -0.2) is 4.79 Å². The molecular weight excluding hydrogens is 446 g/mol. The third-order valence-electron chi connectivity index (χ3n) is 5.68. The lowest BCUT2D eigenvalue weighted by Gasteiger charge is -2.18. The number of nitrogens with one attached hydrogen (secondary N) is 3. The fraction of sp³-hybridized carbons (Fsp3) is 0.296. The molecule has 3 aromatic rings. The quantitative estimate of drug-likeness (QED) is 0.250. The smallest absolute Gasteiger partial charge is 0.319 e. The molecular formula is C27H33N3O5. The minimum Gasteiger partial charge on any atom is -0.508 e. The van der Waals surface area contributed by atoms with Gasteiger partial charge in [0.05, 0.1) is 19.8 Å². The third kappa shape index (κ3) is 7.71. The molecule has 3 aromatic carbocycles. The van der Waals surface area contributed by atoms with E-state index in [1.54, 1.807) is 19.2 Å². The molecule has 0 radical (unpaired) electrons. The summed E-state index contributed by atoms with van der Waals surface area (Å²) in [5.74, 6) is 0.729. The van der Waals surface area contributed by atoms with Crippen LogP contribution in [0.25, 0.3) is 0 Å². The summed E-state index contributed by atoms with van der Waals surface area (Å²) in [7, 11) is 1.60. The van der Waals surface area contributed by atoms with Crippen molar-refractivity contribution in [2.24, 2.45) is 0 Å². The number of hydrogen-bond donors (Lipinski definition) is 6. The summed E-state index contributed by atoms with van der Waals surface area (Å²) in [5.41, 5.74) is 3.62. The summed E-state index contributed by atoms with van der Waals surface area (Å²) in [6.45, 7) is 2.39. The summed E-state index contributed by atoms with van der Waals surface area (Å²) < 4.78 is 5.31. The highest BCUT2D eigenvalue weighted by Crippen LogP contribution is 2.22. The van der Waals surface area contributed by atoms with E-state index in [2.05, 4.69) is 16.0 Å². The first-order chi connectivity index (χ1) is 16.9. The molecule has 2 amide bonds. The number of benzene rings is 3. The van der Waals surface area contributed by atoms with E-state index in [1.807, 2.05) is 55.5 Å². The van der Waals surface area contributed by atoms with Gasteiger partial charge in [0.2, 0.25) is 0 Å². The Morgan fingerprint density at radius 2 is 1.83 bits per heavy atom. The van der Waals surface area contributed by atoms with Crippen LogP contribution in [0.3, 0.4) is 0 Å². The van der Waals surface area contributed by atoms with Crippen molar-refractivity contribution in [2.75, 3.05) is 19.0 Å². The first kappa shape index (κ1) is 26.0. The van der Waals surface area contributed by atoms with E-state index in [1.165, 1.54) is 6.07 Å². The second-order valence-electron chi connectivity index (χ2n) is 8.40. The molecule has 3 rings (SSSR count). The Bertz CT molecular complexity index is 1120. The van der Waals surface area contributed by atoms with Crippen LogP contribution in [0.2, 0.25) is 0 Å². The van der Waals surface area contributed by atoms with E-state index in [9.17, 15) is 20.1 Å². The van der Waals surface area contributed by atoms with Crippen LogP contribution >= 0.6 is 0 Å². The van der Waals surface area contributed by atoms with Crippen LogP contribution in [0, 0.1) is 0 Å². The molecule has 0 saturated carbocycles. The Morgan fingerprint density at radius 1 is 1.03 bits per heavy atom. The minimum atomic E-state index is -0.775. The number of amides is 2. The molecule has 0 saturated heterocycles. The molecule has 0 bridgehead atoms. The van der Waals surface area contributed by atoms with Crippen molar-refractivity contribution in [1.29, 1.82) is 0 Å². The average molecular weight is 480 g/mol. The lowest BCUT2D eigenvalue weighted by Crippen LogP contribution is -2.32. The molecule has 0 aliphatic rings. The van der Waals surface area contributed by atoms with Gasteiger partial charge in [0, 0.05) is 35.9 Å². The maximum atomic E-state index is 12.4. The van der Waals surface area contributed by atoms with E-state index in [0.717, 1.165) is 16.9 Å². The predicted octanol–water partition coefficient (Wildman–Crippen LogP) is 3.47. The van der Waals surface area contributed by atoms with Crippen LogP contribution in [0.4, 0.5) is 10.5 Å². The van der Waals surface area contributed by atoms with Crippen molar-refractivity contribution in [3.8, 4) is 11.5 Å². The van der Waals surface area contributed by atoms with E-state index in [4.69, 9.17) is 4.74 Å². The standard InChI is InChI=1S/C27H33N3O5/c1-18(28-16-25(33)20-10-11-24(32)22(14-20)17-31)12-19-6-5-8-23(13-19)30-27(34)29-15-21-7-3-4-9-26(21)35-2/h3-11,13-14,18,25,28,31-33H,12,15-17H2,1-2H3,(H2,29,30,34)/t18-,25+/m1/s1. The predicted molar refractivity (Wildman–Crippen MR) is 135 cm³/mol. The molecule has 0 heterocycles. The lowest BCUT2D eigenvalue weighted by molar-refractivity contribution is 0.170. The molecule has 0 aliphatic heterocycles. The van der Waals surface area contributed by atoms with Gasteiger partial charge in [-0.3, -0.25) is 0 Å². The zero-order valence-electron chi connectivity index (χ0n) is 20.0. The van der Waals surface area contributed by atoms with Gasteiger partial charge in [0.1, 0.15) is 11.5 Å². The van der Waals surface area contributed by atoms with Crippen LogP contribution in [0.5, 0.6) is 11.5 Å². The number of carbonyl (C=O) groups is 1. The molecule has 0 unspecified atom stereocenters. The van der Waals surface area contributed by atoms with Gasteiger partial charge < -0.3 is 36.0 Å². The van der Waals surface area contributed by atoms with Gasteiger partial charge >= 0.3 is 6.03 Å². The largest absolute Gasteiger partial charge is 0.508 e. The van der Waals surface area contributed by atoms with Crippen molar-refractivity contribution in [3.63, 3.8) is 0 Å². The van der Waals surface area contributed by atoms with Crippen LogP contribution in [-0.4, -0.2) is 41.0 Å². The summed E-state index contributed by atoms with van der Waals surface area (Å²) in [6.07, 6.45) is -0.0778. The van der Waals surface area contributed by atoms with Gasteiger partial charge in [-0.1, -0.05) is 36.4 Å². The number of hydrogen-bond acceptors (Lipinski definition) is 6. The number of carbonyl (C=O) groups excluding carboxylic acids is 1. The van der Waals surface area contributed by atoms with Gasteiger partial charge in [-0.05, 0) is 54.8 Å². The monoisotopic (exact) mass is 479 g/mol. The number of para-hydroxylation sites is 1. The van der Waals surface area contributed by atoms with Gasteiger partial charge in [0.15, 0.2) is 0 Å². The molecule has 6 N–H and O–H groups in total. The van der Waals surface area contributed by atoms with E-state index in [0.29, 0.717) is 36.3 Å². The van der Waals surface area contributed by atoms with Crippen LogP contribution in [0.15, 0.2) is 66.7 Å². The van der Waals surface area contributed by atoms with Crippen molar-refractivity contribution < 1.29 is 24.9 Å². The molecule has 2 atom stereocenters. The van der Waals surface area contributed by atoms with Crippen LogP contribution < -0.4 is 20.7 Å². The molecule has 0 fully saturated rings. The second-order valence-corrected chi connectivity index (χ2v) is 8.40. The SMILES string of the molecule is COc1ccccc1CNC(=O)Nc1cccc(C[C@@H](C)NC[C@H](O)c2ccc(O)c(CO)c2)c1. The van der Waals surface area contributed by atoms with Crippen LogP contribution in [0.1, 0.15) is 35.3 Å². The highest BCUT2D eigenvalue weighted by Gasteiger charge is 2.13. The molecule has 8 heteroatoms. The van der Waals surface area contributed by atoms with Crippen molar-refractivity contribution >= 4 is 11.7 Å². The average Bonchev–Trinajstić information content (AvgIpc) is 2.86. The summed E-state index contributed by atoms with van der Waals surface area (Å²) in [6, 6.07) is 19.6. The number of rotatable bonds is 11. The summed E-state index contributed by atoms with van der Waals surface area (Å²) in [5, 5.41) is 38.5. The van der Waals surface area contributed by atoms with Gasteiger partial charge in [0.25, 0.3) is 0 Å². The molecule has 186 valence electrons. The Morgan fingerprint density at radius 3 is 2.60 bits per heavy atom. The fourth-order valence-electron chi connectivity index (χ4n) is 3.77. The molecule has 35 heavy (non-hydrogen) atoms. The number of aliphatic hydroxyl groups excluding tert-OH is 2. The highest BCUT2D eigenvalue weighted by atomic mass is 16.5. The number of phenols is 1. The normalized spacial score (nSPS) is 12.6. The van der Waals surface area contributed by atoms with Gasteiger partial charge in [-0.15, -0.1) is 0 Å². The summed E-state index contributed by atoms with van der Waals surface area (Å²) >= 11 is 0. The Kier molecular flexibility index (Phi) is 9.48. The Labute approximate surface area is 205 Å². The number of aromatic hydroxyl groups is 1. The summed E-state index contributed by atoms with van der Waals surface area (Å²) in [4.78, 5) is 12.4. The van der Waals surface area contributed by atoms with Crippen molar-refractivity contribution in [2.45, 2.75) is 38.6 Å². The zero-order valence-corrected chi connectivity index (χ0v) is 20.0. The zero-order chi connectivity index (χ0) is 25.2. The Hall–Kier alpha value is -3.59. The topological polar surface area (TPSA) is 123 Å². The van der Waals surface area contributed by atoms with E-state index in [-0.39, 0.29) is 24.4 Å². The number of methoxy groups -OCH3 is 1. The molecule has 0 spiro atoms. The number of aliphatic hydroxyl groups is 2. The number of anilines is 1.